The van der Waals surface area contributed by atoms with E-state index in [1.807, 2.05) is 13.8 Å². The quantitative estimate of drug-likeness (QED) is 0.512. The number of carbonyl (C=O) groups is 2. The molecule has 1 aliphatic heterocycles. The van der Waals surface area contributed by atoms with Gasteiger partial charge in [-0.1, -0.05) is 47.5 Å². The second-order valence-corrected chi connectivity index (χ2v) is 8.61. The van der Waals surface area contributed by atoms with E-state index in [0.717, 1.165) is 11.1 Å². The summed E-state index contributed by atoms with van der Waals surface area (Å²) in [6.45, 7) is 6.72. The molecular formula is C22H22O7S. The fraction of sp³-hybridized carbons (Fsp3) is 0.273. The van der Waals surface area contributed by atoms with Crippen LogP contribution in [0, 0.1) is 13.8 Å². The van der Waals surface area contributed by atoms with Crippen molar-refractivity contribution in [2.75, 3.05) is 6.61 Å². The molecule has 2 aromatic rings. The maximum Gasteiger partial charge on any atom is 0.377 e. The Morgan fingerprint density at radius 3 is 2.07 bits per heavy atom. The monoisotopic (exact) mass is 430 g/mol. The number of benzene rings is 2. The molecule has 0 saturated heterocycles. The maximum atomic E-state index is 12.8. The summed E-state index contributed by atoms with van der Waals surface area (Å²) in [4.78, 5) is 25.2. The van der Waals surface area contributed by atoms with Crippen LogP contribution >= 0.6 is 0 Å². The van der Waals surface area contributed by atoms with E-state index in [9.17, 15) is 18.0 Å². The lowest BCUT2D eigenvalue weighted by Gasteiger charge is -2.24. The Balaban J connectivity index is 2.16. The van der Waals surface area contributed by atoms with E-state index < -0.39 is 33.4 Å². The molecule has 1 atom stereocenters. The standard InChI is InChI=1S/C22H22O7S/c1-5-27-21(24)22(4)18(16-10-6-14(2)7-11-16)19(20(23)28-22)29-30(25,26)17-12-8-15(3)9-13-17/h6-13H,5H2,1-4H3. The normalized spacial score (nSPS) is 18.9. The van der Waals surface area contributed by atoms with Gasteiger partial charge in [-0.25, -0.2) is 9.59 Å². The van der Waals surface area contributed by atoms with Crippen molar-refractivity contribution in [3.8, 4) is 0 Å². The SMILES string of the molecule is CCOC(=O)C1(C)OC(=O)C(OS(=O)(=O)c2ccc(C)cc2)=C1c1ccc(C)cc1. The summed E-state index contributed by atoms with van der Waals surface area (Å²) >= 11 is 0. The number of aryl methyl sites for hydroxylation is 2. The van der Waals surface area contributed by atoms with Crippen LogP contribution in [0.2, 0.25) is 0 Å². The first kappa shape index (κ1) is 21.6. The Labute approximate surface area is 175 Å². The second-order valence-electron chi connectivity index (χ2n) is 7.06. The Kier molecular flexibility index (Phi) is 5.72. The molecule has 0 aromatic heterocycles. The minimum Gasteiger partial charge on any atom is -0.463 e. The number of ether oxygens (including phenoxy) is 2. The van der Waals surface area contributed by atoms with Crippen LogP contribution in [0.4, 0.5) is 0 Å². The molecule has 0 amide bonds. The predicted molar refractivity (Wildman–Crippen MR) is 109 cm³/mol. The van der Waals surface area contributed by atoms with E-state index in [4.69, 9.17) is 13.7 Å². The average Bonchev–Trinajstić information content (AvgIpc) is 2.94. The third kappa shape index (κ3) is 3.95. The summed E-state index contributed by atoms with van der Waals surface area (Å²) in [6.07, 6.45) is 0. The largest absolute Gasteiger partial charge is 0.463 e. The van der Waals surface area contributed by atoms with Gasteiger partial charge >= 0.3 is 22.1 Å². The second kappa shape index (κ2) is 7.95. The molecule has 0 spiro atoms. The molecule has 1 unspecified atom stereocenters. The lowest BCUT2D eigenvalue weighted by atomic mass is 9.89. The highest BCUT2D eigenvalue weighted by Crippen LogP contribution is 2.42. The number of esters is 2. The molecule has 1 aliphatic rings. The molecular weight excluding hydrogens is 408 g/mol. The van der Waals surface area contributed by atoms with E-state index in [1.54, 1.807) is 43.3 Å². The van der Waals surface area contributed by atoms with Crippen LogP contribution in [0.1, 0.15) is 30.5 Å². The van der Waals surface area contributed by atoms with Crippen molar-refractivity contribution in [1.82, 2.24) is 0 Å². The summed E-state index contributed by atoms with van der Waals surface area (Å²) in [5.41, 5.74) is 0.374. The molecule has 0 aliphatic carbocycles. The highest BCUT2D eigenvalue weighted by atomic mass is 32.2. The first-order valence-electron chi connectivity index (χ1n) is 9.32. The van der Waals surface area contributed by atoms with Crippen LogP contribution in [0.5, 0.6) is 0 Å². The van der Waals surface area contributed by atoms with Crippen LogP contribution in [0.15, 0.2) is 59.2 Å². The first-order valence-corrected chi connectivity index (χ1v) is 10.7. The van der Waals surface area contributed by atoms with Crippen molar-refractivity contribution < 1.29 is 31.7 Å². The smallest absolute Gasteiger partial charge is 0.377 e. The molecule has 0 bridgehead atoms. The van der Waals surface area contributed by atoms with Crippen LogP contribution in [-0.4, -0.2) is 32.6 Å². The lowest BCUT2D eigenvalue weighted by molar-refractivity contribution is -0.169. The number of hydrogen-bond acceptors (Lipinski definition) is 7. The molecule has 8 heteroatoms. The van der Waals surface area contributed by atoms with Crippen molar-refractivity contribution in [2.24, 2.45) is 0 Å². The van der Waals surface area contributed by atoms with Gasteiger partial charge < -0.3 is 13.7 Å². The highest BCUT2D eigenvalue weighted by Gasteiger charge is 2.54. The Hall–Kier alpha value is -3.13. The van der Waals surface area contributed by atoms with Gasteiger partial charge in [-0.3, -0.25) is 0 Å². The maximum absolute atomic E-state index is 12.8. The third-order valence-electron chi connectivity index (χ3n) is 4.69. The number of cyclic esters (lactones) is 1. The molecule has 2 aromatic carbocycles. The van der Waals surface area contributed by atoms with Crippen molar-refractivity contribution in [3.63, 3.8) is 0 Å². The van der Waals surface area contributed by atoms with Gasteiger partial charge in [0.05, 0.1) is 12.2 Å². The zero-order chi connectivity index (χ0) is 22.1. The summed E-state index contributed by atoms with van der Waals surface area (Å²) in [5, 5.41) is 0. The number of carbonyl (C=O) groups excluding carboxylic acids is 2. The molecule has 0 radical (unpaired) electrons. The van der Waals surface area contributed by atoms with Crippen LogP contribution in [0.25, 0.3) is 5.57 Å². The fourth-order valence-electron chi connectivity index (χ4n) is 3.08. The number of hydrogen-bond donors (Lipinski definition) is 0. The summed E-state index contributed by atoms with van der Waals surface area (Å²) in [5.74, 6) is -2.44. The zero-order valence-electron chi connectivity index (χ0n) is 17.1. The Morgan fingerprint density at radius 2 is 1.53 bits per heavy atom. The van der Waals surface area contributed by atoms with Gasteiger partial charge in [0.25, 0.3) is 0 Å². The molecule has 1 heterocycles. The minimum atomic E-state index is -4.34. The van der Waals surface area contributed by atoms with Gasteiger partial charge in [0, 0.05) is 0 Å². The van der Waals surface area contributed by atoms with Crippen molar-refractivity contribution in [2.45, 2.75) is 38.2 Å². The first-order chi connectivity index (χ1) is 14.1. The summed E-state index contributed by atoms with van der Waals surface area (Å²) < 4.78 is 41.2. The highest BCUT2D eigenvalue weighted by molar-refractivity contribution is 7.86. The van der Waals surface area contributed by atoms with Gasteiger partial charge in [0.1, 0.15) is 4.90 Å². The van der Waals surface area contributed by atoms with E-state index >= 15 is 0 Å². The van der Waals surface area contributed by atoms with Gasteiger partial charge in [0.15, 0.2) is 0 Å². The fourth-order valence-corrected chi connectivity index (χ4v) is 4.02. The van der Waals surface area contributed by atoms with Crippen molar-refractivity contribution in [3.05, 3.63) is 71.0 Å². The molecule has 3 rings (SSSR count). The topological polar surface area (TPSA) is 96.0 Å². The van der Waals surface area contributed by atoms with Crippen molar-refractivity contribution in [1.29, 1.82) is 0 Å². The summed E-state index contributed by atoms with van der Waals surface area (Å²) in [7, 11) is -4.34. The van der Waals surface area contributed by atoms with Gasteiger partial charge in [-0.2, -0.15) is 8.42 Å². The van der Waals surface area contributed by atoms with Crippen LogP contribution < -0.4 is 0 Å². The summed E-state index contributed by atoms with van der Waals surface area (Å²) in [6, 6.07) is 12.8. The molecule has 0 fully saturated rings. The van der Waals surface area contributed by atoms with Gasteiger partial charge in [-0.05, 0) is 45.4 Å². The zero-order valence-corrected chi connectivity index (χ0v) is 17.9. The molecule has 158 valence electrons. The Morgan fingerprint density at radius 1 is 1.00 bits per heavy atom. The van der Waals surface area contributed by atoms with Crippen LogP contribution in [0.3, 0.4) is 0 Å². The Bertz CT molecular complexity index is 1110. The minimum absolute atomic E-state index is 0.00152. The molecule has 30 heavy (non-hydrogen) atoms. The van der Waals surface area contributed by atoms with E-state index in [1.165, 1.54) is 19.1 Å². The van der Waals surface area contributed by atoms with E-state index in [2.05, 4.69) is 0 Å². The molecule has 0 N–H and O–H groups in total. The third-order valence-corrected chi connectivity index (χ3v) is 5.93. The predicted octanol–water partition coefficient (Wildman–Crippen LogP) is 3.30. The van der Waals surface area contributed by atoms with E-state index in [0.29, 0.717) is 5.56 Å². The molecule has 7 nitrogen and oxygen atoms in total. The number of rotatable bonds is 6. The van der Waals surface area contributed by atoms with Gasteiger partial charge in [0.2, 0.25) is 11.4 Å². The molecule has 0 saturated carbocycles. The lowest BCUT2D eigenvalue weighted by Crippen LogP contribution is -2.39. The average molecular weight is 430 g/mol. The van der Waals surface area contributed by atoms with Crippen LogP contribution in [-0.2, 0) is 33.4 Å². The van der Waals surface area contributed by atoms with Crippen molar-refractivity contribution >= 4 is 27.6 Å². The van der Waals surface area contributed by atoms with Gasteiger partial charge in [-0.15, -0.1) is 0 Å². The van der Waals surface area contributed by atoms with E-state index in [-0.39, 0.29) is 17.1 Å².